The highest BCUT2D eigenvalue weighted by atomic mass is 35.5. The second-order valence-corrected chi connectivity index (χ2v) is 5.62. The van der Waals surface area contributed by atoms with Crippen LogP contribution >= 0.6 is 11.6 Å². The Hall–Kier alpha value is -1.74. The zero-order chi connectivity index (χ0) is 14.1. The van der Waals surface area contributed by atoms with Gasteiger partial charge in [0.1, 0.15) is 5.76 Å². The Morgan fingerprint density at radius 1 is 1.35 bits per heavy atom. The van der Waals surface area contributed by atoms with E-state index >= 15 is 0 Å². The van der Waals surface area contributed by atoms with E-state index in [1.807, 2.05) is 6.92 Å². The molecule has 3 nitrogen and oxygen atoms in total. The number of carbonyl (C=O) groups excluding carboxylic acids is 1. The van der Waals surface area contributed by atoms with E-state index < -0.39 is 0 Å². The molecular formula is C16H16ClNO2. The van der Waals surface area contributed by atoms with Gasteiger partial charge in [0.15, 0.2) is 0 Å². The topological polar surface area (TPSA) is 42.2 Å². The third-order valence-electron chi connectivity index (χ3n) is 3.76. The highest BCUT2D eigenvalue weighted by Crippen LogP contribution is 2.33. The third-order valence-corrected chi connectivity index (χ3v) is 4.01. The number of hydrogen-bond acceptors (Lipinski definition) is 2. The predicted molar refractivity (Wildman–Crippen MR) is 78.0 cm³/mol. The first-order valence-electron chi connectivity index (χ1n) is 6.78. The lowest BCUT2D eigenvalue weighted by Gasteiger charge is -2.23. The summed E-state index contributed by atoms with van der Waals surface area (Å²) in [5.74, 6) is 0.940. The molecule has 1 atom stereocenters. The van der Waals surface area contributed by atoms with Crippen molar-refractivity contribution in [2.75, 3.05) is 0 Å². The van der Waals surface area contributed by atoms with Gasteiger partial charge in [-0.05, 0) is 49.6 Å². The summed E-state index contributed by atoms with van der Waals surface area (Å²) >= 11 is 5.84. The summed E-state index contributed by atoms with van der Waals surface area (Å²) in [6.07, 6.45) is 4.71. The first-order valence-corrected chi connectivity index (χ1v) is 7.16. The Kier molecular flexibility index (Phi) is 3.53. The fourth-order valence-electron chi connectivity index (χ4n) is 2.77. The standard InChI is InChI=1S/C16H16ClNO2/c1-10-9-20-14-4-2-3-13(15(10)14)18-16(19)11-5-7-12(17)8-6-11/h5-9,13H,2-4H2,1H3,(H,18,19). The van der Waals surface area contributed by atoms with Gasteiger partial charge in [0.25, 0.3) is 5.91 Å². The summed E-state index contributed by atoms with van der Waals surface area (Å²) in [6, 6.07) is 6.98. The van der Waals surface area contributed by atoms with E-state index in [0.717, 1.165) is 36.1 Å². The first kappa shape index (κ1) is 13.3. The number of halogens is 1. The van der Waals surface area contributed by atoms with Crippen LogP contribution in [-0.4, -0.2) is 5.91 Å². The minimum absolute atomic E-state index is 0.0423. The van der Waals surface area contributed by atoms with E-state index in [0.29, 0.717) is 10.6 Å². The van der Waals surface area contributed by atoms with E-state index in [1.165, 1.54) is 0 Å². The van der Waals surface area contributed by atoms with Gasteiger partial charge in [-0.1, -0.05) is 11.6 Å². The molecule has 1 aliphatic carbocycles. The van der Waals surface area contributed by atoms with Gasteiger partial charge in [-0.25, -0.2) is 0 Å². The molecular weight excluding hydrogens is 274 g/mol. The number of rotatable bonds is 2. The molecule has 1 aliphatic rings. The van der Waals surface area contributed by atoms with Crippen LogP contribution in [0.25, 0.3) is 0 Å². The van der Waals surface area contributed by atoms with Crippen molar-refractivity contribution in [1.82, 2.24) is 5.32 Å². The van der Waals surface area contributed by atoms with Crippen LogP contribution in [0.2, 0.25) is 5.02 Å². The third kappa shape index (κ3) is 2.46. The maximum Gasteiger partial charge on any atom is 0.251 e. The van der Waals surface area contributed by atoms with Crippen LogP contribution in [-0.2, 0) is 6.42 Å². The fraction of sp³-hybridized carbons (Fsp3) is 0.312. The van der Waals surface area contributed by atoms with Crippen LogP contribution in [0.15, 0.2) is 34.9 Å². The van der Waals surface area contributed by atoms with Crippen molar-refractivity contribution >= 4 is 17.5 Å². The van der Waals surface area contributed by atoms with E-state index in [1.54, 1.807) is 30.5 Å². The zero-order valence-electron chi connectivity index (χ0n) is 11.3. The van der Waals surface area contributed by atoms with Gasteiger partial charge in [0.05, 0.1) is 12.3 Å². The molecule has 0 fully saturated rings. The van der Waals surface area contributed by atoms with Gasteiger partial charge in [0.2, 0.25) is 0 Å². The van der Waals surface area contributed by atoms with Crippen molar-refractivity contribution in [1.29, 1.82) is 0 Å². The number of carbonyl (C=O) groups is 1. The van der Waals surface area contributed by atoms with Crippen molar-refractivity contribution in [3.05, 3.63) is 58.0 Å². The van der Waals surface area contributed by atoms with Crippen molar-refractivity contribution in [2.45, 2.75) is 32.2 Å². The lowest BCUT2D eigenvalue weighted by Crippen LogP contribution is -2.30. The lowest BCUT2D eigenvalue weighted by atomic mass is 9.90. The molecule has 1 aromatic carbocycles. The Morgan fingerprint density at radius 2 is 2.10 bits per heavy atom. The number of hydrogen-bond donors (Lipinski definition) is 1. The summed E-state index contributed by atoms with van der Waals surface area (Å²) < 4.78 is 5.55. The van der Waals surface area contributed by atoms with E-state index in [2.05, 4.69) is 5.32 Å². The maximum atomic E-state index is 12.3. The van der Waals surface area contributed by atoms with Gasteiger partial charge in [-0.3, -0.25) is 4.79 Å². The fourth-order valence-corrected chi connectivity index (χ4v) is 2.89. The monoisotopic (exact) mass is 289 g/mol. The van der Waals surface area contributed by atoms with E-state index in [9.17, 15) is 4.79 Å². The highest BCUT2D eigenvalue weighted by Gasteiger charge is 2.26. The molecule has 20 heavy (non-hydrogen) atoms. The van der Waals surface area contributed by atoms with Crippen LogP contribution in [0.4, 0.5) is 0 Å². The normalized spacial score (nSPS) is 17.6. The average molecular weight is 290 g/mol. The molecule has 0 radical (unpaired) electrons. The number of furan rings is 1. The van der Waals surface area contributed by atoms with Gasteiger partial charge in [-0.2, -0.15) is 0 Å². The number of fused-ring (bicyclic) bond motifs is 1. The Labute approximate surface area is 122 Å². The summed E-state index contributed by atoms with van der Waals surface area (Å²) in [5.41, 5.74) is 2.89. The van der Waals surface area contributed by atoms with Gasteiger partial charge in [0, 0.05) is 22.6 Å². The minimum atomic E-state index is -0.0693. The van der Waals surface area contributed by atoms with Crippen molar-refractivity contribution < 1.29 is 9.21 Å². The summed E-state index contributed by atoms with van der Waals surface area (Å²) in [4.78, 5) is 12.3. The molecule has 4 heteroatoms. The smallest absolute Gasteiger partial charge is 0.251 e. The van der Waals surface area contributed by atoms with Gasteiger partial charge < -0.3 is 9.73 Å². The molecule has 0 saturated heterocycles. The van der Waals surface area contributed by atoms with Crippen molar-refractivity contribution in [2.24, 2.45) is 0 Å². The van der Waals surface area contributed by atoms with Crippen LogP contribution < -0.4 is 5.32 Å². The first-order chi connectivity index (χ1) is 9.65. The Bertz CT molecular complexity index is 630. The molecule has 3 rings (SSSR count). The van der Waals surface area contributed by atoms with E-state index in [-0.39, 0.29) is 11.9 Å². The second-order valence-electron chi connectivity index (χ2n) is 5.18. The molecule has 1 amide bonds. The van der Waals surface area contributed by atoms with E-state index in [4.69, 9.17) is 16.0 Å². The van der Waals surface area contributed by atoms with Crippen LogP contribution in [0, 0.1) is 6.92 Å². The summed E-state index contributed by atoms with van der Waals surface area (Å²) in [7, 11) is 0. The number of amides is 1. The minimum Gasteiger partial charge on any atom is -0.469 e. The van der Waals surface area contributed by atoms with Crippen molar-refractivity contribution in [3.8, 4) is 0 Å². The van der Waals surface area contributed by atoms with Crippen molar-refractivity contribution in [3.63, 3.8) is 0 Å². The number of aryl methyl sites for hydroxylation is 2. The maximum absolute atomic E-state index is 12.3. The molecule has 1 heterocycles. The lowest BCUT2D eigenvalue weighted by molar-refractivity contribution is 0.0932. The molecule has 0 aliphatic heterocycles. The quantitative estimate of drug-likeness (QED) is 0.906. The molecule has 1 aromatic heterocycles. The summed E-state index contributed by atoms with van der Waals surface area (Å²) in [6.45, 7) is 2.02. The molecule has 104 valence electrons. The molecule has 0 bridgehead atoms. The van der Waals surface area contributed by atoms with Gasteiger partial charge >= 0.3 is 0 Å². The molecule has 1 N–H and O–H groups in total. The number of benzene rings is 1. The largest absolute Gasteiger partial charge is 0.469 e. The van der Waals surface area contributed by atoms with Crippen LogP contribution in [0.3, 0.4) is 0 Å². The SMILES string of the molecule is Cc1coc2c1C(NC(=O)c1ccc(Cl)cc1)CCC2. The molecule has 0 spiro atoms. The molecule has 1 unspecified atom stereocenters. The van der Waals surface area contributed by atoms with Crippen LogP contribution in [0.5, 0.6) is 0 Å². The predicted octanol–water partition coefficient (Wildman–Crippen LogP) is 4.05. The number of nitrogens with one attached hydrogen (secondary N) is 1. The second kappa shape index (κ2) is 5.33. The Morgan fingerprint density at radius 3 is 2.85 bits per heavy atom. The average Bonchev–Trinajstić information content (AvgIpc) is 2.82. The zero-order valence-corrected chi connectivity index (χ0v) is 12.0. The van der Waals surface area contributed by atoms with Crippen LogP contribution in [0.1, 0.15) is 46.1 Å². The molecule has 2 aromatic rings. The molecule has 0 saturated carbocycles. The Balaban J connectivity index is 1.80. The summed E-state index contributed by atoms with van der Waals surface area (Å²) in [5, 5.41) is 3.73. The van der Waals surface area contributed by atoms with Gasteiger partial charge in [-0.15, -0.1) is 0 Å². The highest BCUT2D eigenvalue weighted by molar-refractivity contribution is 6.30.